The molecule has 5 heteroatoms. The Balaban J connectivity index is 1.51. The zero-order valence-corrected chi connectivity index (χ0v) is 15.2. The van der Waals surface area contributed by atoms with Gasteiger partial charge in [0.25, 0.3) is 0 Å². The lowest BCUT2D eigenvalue weighted by molar-refractivity contribution is -0.125. The van der Waals surface area contributed by atoms with Gasteiger partial charge in [-0.25, -0.2) is 4.98 Å². The SMILES string of the molecule is O=C(Nc1ccc(Cn2ccnc2)cc1)C1(c2ccccc2)CCOCC1. The maximum Gasteiger partial charge on any atom is 0.235 e. The molecule has 1 N–H and O–H groups in total. The highest BCUT2D eigenvalue weighted by Crippen LogP contribution is 2.36. The number of hydrogen-bond donors (Lipinski definition) is 1. The van der Waals surface area contributed by atoms with E-state index in [4.69, 9.17) is 4.74 Å². The van der Waals surface area contributed by atoms with Gasteiger partial charge in [0.1, 0.15) is 0 Å². The number of hydrogen-bond acceptors (Lipinski definition) is 3. The lowest BCUT2D eigenvalue weighted by atomic mass is 9.73. The summed E-state index contributed by atoms with van der Waals surface area (Å²) in [5.74, 6) is 0.0411. The predicted molar refractivity (Wildman–Crippen MR) is 105 cm³/mol. The van der Waals surface area contributed by atoms with Crippen LogP contribution in [0.25, 0.3) is 0 Å². The van der Waals surface area contributed by atoms with E-state index in [-0.39, 0.29) is 5.91 Å². The maximum absolute atomic E-state index is 13.3. The van der Waals surface area contributed by atoms with Gasteiger partial charge in [-0.15, -0.1) is 0 Å². The third-order valence-electron chi connectivity index (χ3n) is 5.24. The molecule has 138 valence electrons. The van der Waals surface area contributed by atoms with Crippen LogP contribution in [0, 0.1) is 0 Å². The Kier molecular flexibility index (Phi) is 5.03. The van der Waals surface area contributed by atoms with Crippen molar-refractivity contribution in [3.05, 3.63) is 84.4 Å². The molecule has 0 bridgehead atoms. The number of nitrogens with zero attached hydrogens (tertiary/aromatic N) is 2. The van der Waals surface area contributed by atoms with Crippen LogP contribution in [0.3, 0.4) is 0 Å². The molecule has 4 rings (SSSR count). The van der Waals surface area contributed by atoms with E-state index in [1.807, 2.05) is 65.4 Å². The molecule has 3 aromatic rings. The molecule has 1 fully saturated rings. The van der Waals surface area contributed by atoms with Crippen molar-refractivity contribution in [3.63, 3.8) is 0 Å². The second-order valence-corrected chi connectivity index (χ2v) is 6.95. The van der Waals surface area contributed by atoms with E-state index < -0.39 is 5.41 Å². The molecular formula is C22H23N3O2. The van der Waals surface area contributed by atoms with Gasteiger partial charge in [0.05, 0.1) is 11.7 Å². The summed E-state index contributed by atoms with van der Waals surface area (Å²) in [5, 5.41) is 3.12. The summed E-state index contributed by atoms with van der Waals surface area (Å²) >= 11 is 0. The number of anilines is 1. The van der Waals surface area contributed by atoms with Gasteiger partial charge < -0.3 is 14.6 Å². The molecule has 0 unspecified atom stereocenters. The zero-order valence-electron chi connectivity index (χ0n) is 15.2. The van der Waals surface area contributed by atoms with Crippen LogP contribution in [0.1, 0.15) is 24.0 Å². The Labute approximate surface area is 159 Å². The van der Waals surface area contributed by atoms with Gasteiger partial charge in [-0.05, 0) is 36.1 Å². The minimum atomic E-state index is -0.533. The second kappa shape index (κ2) is 7.76. The van der Waals surface area contributed by atoms with Crippen LogP contribution >= 0.6 is 0 Å². The number of imidazole rings is 1. The van der Waals surface area contributed by atoms with Crippen LogP contribution in [-0.4, -0.2) is 28.7 Å². The molecular weight excluding hydrogens is 338 g/mol. The zero-order chi connectivity index (χ0) is 18.5. The van der Waals surface area contributed by atoms with Gasteiger partial charge in [0.15, 0.2) is 0 Å². The monoisotopic (exact) mass is 361 g/mol. The maximum atomic E-state index is 13.3. The molecule has 0 aliphatic carbocycles. The fraction of sp³-hybridized carbons (Fsp3) is 0.273. The summed E-state index contributed by atoms with van der Waals surface area (Å²) in [5.41, 5.74) is 2.50. The molecule has 2 heterocycles. The molecule has 0 radical (unpaired) electrons. The Morgan fingerprint density at radius 3 is 2.48 bits per heavy atom. The number of nitrogens with one attached hydrogen (secondary N) is 1. The first-order valence-corrected chi connectivity index (χ1v) is 9.26. The molecule has 1 aromatic heterocycles. The number of carbonyl (C=O) groups is 1. The standard InChI is InChI=1S/C22H23N3O2/c26-21(22(10-14-27-15-11-22)19-4-2-1-3-5-19)24-20-8-6-18(7-9-20)16-25-13-12-23-17-25/h1-9,12-13,17H,10-11,14-16H2,(H,24,26). The molecule has 2 aromatic carbocycles. The average Bonchev–Trinajstić information content (AvgIpc) is 3.24. The highest BCUT2D eigenvalue weighted by atomic mass is 16.5. The van der Waals surface area contributed by atoms with Crippen molar-refractivity contribution in [3.8, 4) is 0 Å². The fourth-order valence-electron chi connectivity index (χ4n) is 3.66. The Morgan fingerprint density at radius 1 is 1.07 bits per heavy atom. The Hall–Kier alpha value is -2.92. The van der Waals surface area contributed by atoms with Crippen LogP contribution in [0.2, 0.25) is 0 Å². The van der Waals surface area contributed by atoms with Gasteiger partial charge in [-0.3, -0.25) is 4.79 Å². The minimum absolute atomic E-state index is 0.0411. The van der Waals surface area contributed by atoms with E-state index in [1.54, 1.807) is 12.5 Å². The second-order valence-electron chi connectivity index (χ2n) is 6.95. The molecule has 27 heavy (non-hydrogen) atoms. The molecule has 0 atom stereocenters. The van der Waals surface area contributed by atoms with E-state index in [0.717, 1.165) is 23.4 Å². The van der Waals surface area contributed by atoms with Gasteiger partial charge in [-0.2, -0.15) is 0 Å². The highest BCUT2D eigenvalue weighted by Gasteiger charge is 2.41. The summed E-state index contributed by atoms with van der Waals surface area (Å²) in [7, 11) is 0. The van der Waals surface area contributed by atoms with E-state index >= 15 is 0 Å². The molecule has 0 spiro atoms. The number of rotatable bonds is 5. The topological polar surface area (TPSA) is 56.2 Å². The Bertz CT molecular complexity index is 868. The summed E-state index contributed by atoms with van der Waals surface area (Å²) in [6.45, 7) is 1.97. The van der Waals surface area contributed by atoms with Crippen LogP contribution < -0.4 is 5.32 Å². The normalized spacial score (nSPS) is 16.0. The third-order valence-corrected chi connectivity index (χ3v) is 5.24. The minimum Gasteiger partial charge on any atom is -0.381 e. The van der Waals surface area contributed by atoms with Crippen molar-refractivity contribution in [1.82, 2.24) is 9.55 Å². The smallest absolute Gasteiger partial charge is 0.235 e. The molecule has 1 amide bonds. The molecule has 1 aliphatic heterocycles. The summed E-state index contributed by atoms with van der Waals surface area (Å²) in [6.07, 6.45) is 6.89. The van der Waals surface area contributed by atoms with Gasteiger partial charge in [-0.1, -0.05) is 42.5 Å². The van der Waals surface area contributed by atoms with Crippen LogP contribution in [0.4, 0.5) is 5.69 Å². The van der Waals surface area contributed by atoms with Crippen molar-refractivity contribution in [2.45, 2.75) is 24.8 Å². The predicted octanol–water partition coefficient (Wildman–Crippen LogP) is 3.62. The largest absolute Gasteiger partial charge is 0.381 e. The first-order chi connectivity index (χ1) is 13.3. The fourth-order valence-corrected chi connectivity index (χ4v) is 3.66. The first kappa shape index (κ1) is 17.5. The number of benzene rings is 2. The quantitative estimate of drug-likeness (QED) is 0.755. The van der Waals surface area contributed by atoms with Crippen molar-refractivity contribution in [2.75, 3.05) is 18.5 Å². The molecule has 1 aliphatic rings. The number of carbonyl (C=O) groups excluding carboxylic acids is 1. The summed E-state index contributed by atoms with van der Waals surface area (Å²) in [4.78, 5) is 17.3. The van der Waals surface area contributed by atoms with Crippen molar-refractivity contribution in [1.29, 1.82) is 0 Å². The van der Waals surface area contributed by atoms with Gasteiger partial charge in [0.2, 0.25) is 5.91 Å². The van der Waals surface area contributed by atoms with Crippen LogP contribution in [0.15, 0.2) is 73.3 Å². The lowest BCUT2D eigenvalue weighted by Crippen LogP contribution is -2.44. The van der Waals surface area contributed by atoms with E-state index in [0.29, 0.717) is 26.1 Å². The average molecular weight is 361 g/mol. The van der Waals surface area contributed by atoms with E-state index in [9.17, 15) is 4.79 Å². The van der Waals surface area contributed by atoms with Crippen molar-refractivity contribution in [2.24, 2.45) is 0 Å². The molecule has 0 saturated carbocycles. The van der Waals surface area contributed by atoms with E-state index in [2.05, 4.69) is 10.3 Å². The number of amides is 1. The van der Waals surface area contributed by atoms with Crippen molar-refractivity contribution < 1.29 is 9.53 Å². The van der Waals surface area contributed by atoms with Crippen LogP contribution in [0.5, 0.6) is 0 Å². The van der Waals surface area contributed by atoms with Gasteiger partial charge in [0, 0.05) is 37.8 Å². The number of aromatic nitrogens is 2. The first-order valence-electron chi connectivity index (χ1n) is 9.26. The summed E-state index contributed by atoms with van der Waals surface area (Å²) < 4.78 is 7.54. The lowest BCUT2D eigenvalue weighted by Gasteiger charge is -2.36. The van der Waals surface area contributed by atoms with Crippen LogP contribution in [-0.2, 0) is 21.5 Å². The Morgan fingerprint density at radius 2 is 1.81 bits per heavy atom. The van der Waals surface area contributed by atoms with Gasteiger partial charge >= 0.3 is 0 Å². The highest BCUT2D eigenvalue weighted by molar-refractivity contribution is 5.99. The summed E-state index contributed by atoms with van der Waals surface area (Å²) in [6, 6.07) is 18.0. The molecule has 5 nitrogen and oxygen atoms in total. The van der Waals surface area contributed by atoms with E-state index in [1.165, 1.54) is 0 Å². The third kappa shape index (κ3) is 3.78. The molecule has 1 saturated heterocycles. The number of ether oxygens (including phenoxy) is 1. The van der Waals surface area contributed by atoms with Crippen molar-refractivity contribution >= 4 is 11.6 Å².